The maximum absolute atomic E-state index is 12.5. The fourth-order valence-electron chi connectivity index (χ4n) is 2.58. The smallest absolute Gasteiger partial charge is 0.270 e. The molecular weight excluding hydrogens is 376 g/mol. The zero-order chi connectivity index (χ0) is 19.9. The van der Waals surface area contributed by atoms with E-state index in [1.165, 1.54) is 0 Å². The summed E-state index contributed by atoms with van der Waals surface area (Å²) in [6.07, 6.45) is 0. The van der Waals surface area contributed by atoms with Crippen LogP contribution in [0.5, 0.6) is 0 Å². The van der Waals surface area contributed by atoms with E-state index in [2.05, 4.69) is 20.6 Å². The number of anilines is 2. The van der Waals surface area contributed by atoms with Crippen LogP contribution in [-0.4, -0.2) is 36.1 Å². The summed E-state index contributed by atoms with van der Waals surface area (Å²) in [6.45, 7) is 2.74. The SMILES string of the molecule is COCCNC(=O)c1cc(Nc2cccc(Cl)c2C)nc(-c2ccccc2)n1. The lowest BCUT2D eigenvalue weighted by Gasteiger charge is -2.13. The van der Waals surface area contributed by atoms with E-state index in [-0.39, 0.29) is 11.6 Å². The van der Waals surface area contributed by atoms with Crippen molar-refractivity contribution in [3.8, 4) is 11.4 Å². The van der Waals surface area contributed by atoms with Gasteiger partial charge in [-0.05, 0) is 24.6 Å². The minimum absolute atomic E-state index is 0.270. The predicted molar refractivity (Wildman–Crippen MR) is 111 cm³/mol. The van der Waals surface area contributed by atoms with Crippen LogP contribution < -0.4 is 10.6 Å². The number of rotatable bonds is 7. The maximum Gasteiger partial charge on any atom is 0.270 e. The molecule has 0 fully saturated rings. The number of methoxy groups -OCH3 is 1. The molecule has 6 nitrogen and oxygen atoms in total. The molecule has 0 spiro atoms. The Morgan fingerprint density at radius 2 is 1.89 bits per heavy atom. The largest absolute Gasteiger partial charge is 0.383 e. The molecule has 0 unspecified atom stereocenters. The van der Waals surface area contributed by atoms with Crippen LogP contribution in [0.25, 0.3) is 11.4 Å². The topological polar surface area (TPSA) is 76.1 Å². The average Bonchev–Trinajstić information content (AvgIpc) is 2.72. The van der Waals surface area contributed by atoms with Crippen LogP contribution in [0, 0.1) is 6.92 Å². The molecule has 0 atom stereocenters. The normalized spacial score (nSPS) is 10.5. The maximum atomic E-state index is 12.5. The first-order valence-electron chi connectivity index (χ1n) is 8.82. The lowest BCUT2D eigenvalue weighted by molar-refractivity contribution is 0.0932. The average molecular weight is 397 g/mol. The van der Waals surface area contributed by atoms with Crippen molar-refractivity contribution >= 4 is 29.0 Å². The molecule has 0 aliphatic heterocycles. The van der Waals surface area contributed by atoms with E-state index < -0.39 is 0 Å². The molecule has 3 rings (SSSR count). The van der Waals surface area contributed by atoms with Crippen LogP contribution in [0.3, 0.4) is 0 Å². The Morgan fingerprint density at radius 1 is 1.11 bits per heavy atom. The van der Waals surface area contributed by atoms with Crippen LogP contribution in [-0.2, 0) is 4.74 Å². The summed E-state index contributed by atoms with van der Waals surface area (Å²) in [5.41, 5.74) is 2.80. The Bertz CT molecular complexity index is 964. The number of halogens is 1. The number of amides is 1. The van der Waals surface area contributed by atoms with Gasteiger partial charge in [-0.2, -0.15) is 0 Å². The van der Waals surface area contributed by atoms with Crippen LogP contribution >= 0.6 is 11.6 Å². The van der Waals surface area contributed by atoms with Crippen molar-refractivity contribution in [2.24, 2.45) is 0 Å². The van der Waals surface area contributed by atoms with Crippen molar-refractivity contribution in [1.82, 2.24) is 15.3 Å². The second-order valence-electron chi connectivity index (χ2n) is 6.11. The summed E-state index contributed by atoms with van der Waals surface area (Å²) in [6, 6.07) is 16.7. The number of ether oxygens (including phenoxy) is 1. The lowest BCUT2D eigenvalue weighted by Crippen LogP contribution is -2.28. The first-order valence-corrected chi connectivity index (χ1v) is 9.20. The molecule has 2 aromatic carbocycles. The third kappa shape index (κ3) is 4.85. The molecule has 0 aliphatic rings. The molecule has 144 valence electrons. The van der Waals surface area contributed by atoms with Crippen LogP contribution in [0.15, 0.2) is 54.6 Å². The monoisotopic (exact) mass is 396 g/mol. The lowest BCUT2D eigenvalue weighted by atomic mass is 10.2. The molecule has 1 aromatic heterocycles. The van der Waals surface area contributed by atoms with Gasteiger partial charge in [0, 0.05) is 36.0 Å². The van der Waals surface area contributed by atoms with Gasteiger partial charge in [0.25, 0.3) is 5.91 Å². The van der Waals surface area contributed by atoms with E-state index in [0.717, 1.165) is 16.8 Å². The second kappa shape index (κ2) is 9.30. The molecule has 7 heteroatoms. The first-order chi connectivity index (χ1) is 13.6. The quantitative estimate of drug-likeness (QED) is 0.584. The zero-order valence-corrected chi connectivity index (χ0v) is 16.5. The first kappa shape index (κ1) is 19.8. The summed E-state index contributed by atoms with van der Waals surface area (Å²) in [5, 5.41) is 6.69. The molecule has 28 heavy (non-hydrogen) atoms. The number of carbonyl (C=O) groups excluding carboxylic acids is 1. The van der Waals surface area contributed by atoms with Gasteiger partial charge < -0.3 is 15.4 Å². The fourth-order valence-corrected chi connectivity index (χ4v) is 2.76. The Hall–Kier alpha value is -2.96. The van der Waals surface area contributed by atoms with Crippen molar-refractivity contribution < 1.29 is 9.53 Å². The molecule has 0 bridgehead atoms. The summed E-state index contributed by atoms with van der Waals surface area (Å²) in [7, 11) is 1.58. The molecule has 2 N–H and O–H groups in total. The Kier molecular flexibility index (Phi) is 6.57. The van der Waals surface area contributed by atoms with Gasteiger partial charge in [0.1, 0.15) is 11.5 Å². The van der Waals surface area contributed by atoms with E-state index in [0.29, 0.717) is 29.8 Å². The van der Waals surface area contributed by atoms with Crippen molar-refractivity contribution in [3.05, 3.63) is 70.9 Å². The van der Waals surface area contributed by atoms with Gasteiger partial charge in [-0.25, -0.2) is 9.97 Å². The number of benzene rings is 2. The van der Waals surface area contributed by atoms with Gasteiger partial charge in [-0.3, -0.25) is 4.79 Å². The molecule has 0 saturated heterocycles. The highest BCUT2D eigenvalue weighted by Crippen LogP contribution is 2.26. The van der Waals surface area contributed by atoms with Gasteiger partial charge in [0.15, 0.2) is 5.82 Å². The molecule has 3 aromatic rings. The minimum atomic E-state index is -0.289. The van der Waals surface area contributed by atoms with Crippen LogP contribution in [0.4, 0.5) is 11.5 Å². The molecule has 0 aliphatic carbocycles. The number of aromatic nitrogens is 2. The minimum Gasteiger partial charge on any atom is -0.383 e. The highest BCUT2D eigenvalue weighted by molar-refractivity contribution is 6.31. The van der Waals surface area contributed by atoms with E-state index in [1.807, 2.05) is 55.5 Å². The highest BCUT2D eigenvalue weighted by atomic mass is 35.5. The number of nitrogens with one attached hydrogen (secondary N) is 2. The number of hydrogen-bond acceptors (Lipinski definition) is 5. The molecule has 0 radical (unpaired) electrons. The zero-order valence-electron chi connectivity index (χ0n) is 15.7. The Balaban J connectivity index is 1.97. The van der Waals surface area contributed by atoms with E-state index in [9.17, 15) is 4.79 Å². The number of hydrogen-bond donors (Lipinski definition) is 2. The number of carbonyl (C=O) groups is 1. The van der Waals surface area contributed by atoms with Gasteiger partial charge >= 0.3 is 0 Å². The van der Waals surface area contributed by atoms with Crippen molar-refractivity contribution in [3.63, 3.8) is 0 Å². The number of nitrogens with zero attached hydrogens (tertiary/aromatic N) is 2. The van der Waals surface area contributed by atoms with Crippen molar-refractivity contribution in [1.29, 1.82) is 0 Å². The second-order valence-corrected chi connectivity index (χ2v) is 6.52. The van der Waals surface area contributed by atoms with E-state index in [1.54, 1.807) is 13.2 Å². The standard InChI is InChI=1S/C21H21ClN4O2/c1-14-16(22)9-6-10-17(14)24-19-13-18(21(27)23-11-12-28-2)25-20(26-19)15-7-4-3-5-8-15/h3-10,13H,11-12H2,1-2H3,(H,23,27)(H,24,25,26). The third-order valence-corrected chi connectivity index (χ3v) is 4.52. The summed E-state index contributed by atoms with van der Waals surface area (Å²) >= 11 is 6.21. The summed E-state index contributed by atoms with van der Waals surface area (Å²) in [5.74, 6) is 0.681. The Morgan fingerprint density at radius 3 is 2.64 bits per heavy atom. The summed E-state index contributed by atoms with van der Waals surface area (Å²) in [4.78, 5) is 21.5. The molecule has 1 amide bonds. The van der Waals surface area contributed by atoms with Crippen molar-refractivity contribution in [2.75, 3.05) is 25.6 Å². The molecule has 1 heterocycles. The van der Waals surface area contributed by atoms with Gasteiger partial charge in [0.05, 0.1) is 6.61 Å². The van der Waals surface area contributed by atoms with Gasteiger partial charge in [-0.1, -0.05) is 48.0 Å². The van der Waals surface area contributed by atoms with E-state index in [4.69, 9.17) is 16.3 Å². The fraction of sp³-hybridized carbons (Fsp3) is 0.190. The van der Waals surface area contributed by atoms with Gasteiger partial charge in [0.2, 0.25) is 0 Å². The predicted octanol–water partition coefficient (Wildman–Crippen LogP) is 4.23. The Labute approximate surface area is 168 Å². The molecular formula is C21H21ClN4O2. The van der Waals surface area contributed by atoms with E-state index >= 15 is 0 Å². The third-order valence-electron chi connectivity index (χ3n) is 4.11. The molecule has 0 saturated carbocycles. The van der Waals surface area contributed by atoms with Crippen LogP contribution in [0.1, 0.15) is 16.1 Å². The van der Waals surface area contributed by atoms with Crippen molar-refractivity contribution in [2.45, 2.75) is 6.92 Å². The summed E-state index contributed by atoms with van der Waals surface area (Å²) < 4.78 is 4.98. The highest BCUT2D eigenvalue weighted by Gasteiger charge is 2.14. The van der Waals surface area contributed by atoms with Gasteiger partial charge in [-0.15, -0.1) is 0 Å². The van der Waals surface area contributed by atoms with Crippen LogP contribution in [0.2, 0.25) is 5.02 Å².